The van der Waals surface area contributed by atoms with Crippen molar-refractivity contribution in [3.63, 3.8) is 0 Å². The second-order valence-corrected chi connectivity index (χ2v) is 3.99. The van der Waals surface area contributed by atoms with Gasteiger partial charge in [0.2, 0.25) is 0 Å². The van der Waals surface area contributed by atoms with Crippen molar-refractivity contribution in [2.45, 2.75) is 6.42 Å². The maximum absolute atomic E-state index is 10.6. The van der Waals surface area contributed by atoms with Gasteiger partial charge in [0, 0.05) is 29.4 Å². The highest BCUT2D eigenvalue weighted by atomic mass is 32.2. The first-order valence-electron chi connectivity index (χ1n) is 3.21. The van der Waals surface area contributed by atoms with Gasteiger partial charge in [0.05, 0.1) is 0 Å². The van der Waals surface area contributed by atoms with Crippen LogP contribution in [-0.2, 0) is 10.8 Å². The predicted octanol–water partition coefficient (Wildman–Crippen LogP) is -0.907. The molecule has 0 fully saturated rings. The number of hydrogen-bond donors (Lipinski definition) is 3. The fourth-order valence-corrected chi connectivity index (χ4v) is 1.18. The molecule has 1 atom stereocenters. The molecular weight excluding hydrogens is 182 g/mol. The SMILES string of the molecule is CS(=O)CCCNC(=S)NN. The molecule has 0 aromatic heterocycles. The van der Waals surface area contributed by atoms with Crippen LogP contribution in [0.15, 0.2) is 0 Å². The van der Waals surface area contributed by atoms with E-state index in [0.29, 0.717) is 17.4 Å². The van der Waals surface area contributed by atoms with Crippen molar-refractivity contribution in [3.05, 3.63) is 0 Å². The number of nitrogens with two attached hydrogens (primary N) is 1. The van der Waals surface area contributed by atoms with Gasteiger partial charge in [0.15, 0.2) is 5.11 Å². The number of hydrazine groups is 1. The minimum absolute atomic E-state index is 0.423. The van der Waals surface area contributed by atoms with E-state index in [9.17, 15) is 4.21 Å². The topological polar surface area (TPSA) is 67.2 Å². The fourth-order valence-electron chi connectivity index (χ4n) is 0.528. The molecule has 11 heavy (non-hydrogen) atoms. The molecule has 0 bridgehead atoms. The Balaban J connectivity index is 3.14. The molecule has 0 saturated carbocycles. The second-order valence-electron chi connectivity index (χ2n) is 2.03. The number of thiocarbonyl (C=S) groups is 1. The zero-order valence-electron chi connectivity index (χ0n) is 6.42. The van der Waals surface area contributed by atoms with Crippen LogP contribution < -0.4 is 16.6 Å². The van der Waals surface area contributed by atoms with Crippen LogP contribution in [0.4, 0.5) is 0 Å². The molecule has 0 rings (SSSR count). The number of hydrogen-bond acceptors (Lipinski definition) is 3. The van der Waals surface area contributed by atoms with Gasteiger partial charge in [-0.15, -0.1) is 0 Å². The Morgan fingerprint density at radius 1 is 1.73 bits per heavy atom. The van der Waals surface area contributed by atoms with Crippen LogP contribution in [0, 0.1) is 0 Å². The van der Waals surface area contributed by atoms with E-state index in [-0.39, 0.29) is 0 Å². The van der Waals surface area contributed by atoms with Crippen LogP contribution in [0.25, 0.3) is 0 Å². The van der Waals surface area contributed by atoms with E-state index in [1.807, 2.05) is 0 Å². The molecule has 0 saturated heterocycles. The highest BCUT2D eigenvalue weighted by molar-refractivity contribution is 7.84. The summed E-state index contributed by atoms with van der Waals surface area (Å²) in [7, 11) is -0.717. The third kappa shape index (κ3) is 7.70. The summed E-state index contributed by atoms with van der Waals surface area (Å²) in [4.78, 5) is 0. The number of nitrogens with one attached hydrogen (secondary N) is 2. The Labute approximate surface area is 74.3 Å². The second kappa shape index (κ2) is 6.51. The Bertz CT molecular complexity index is 151. The van der Waals surface area contributed by atoms with Crippen LogP contribution >= 0.6 is 12.2 Å². The smallest absolute Gasteiger partial charge is 0.180 e. The third-order valence-electron chi connectivity index (χ3n) is 1.03. The van der Waals surface area contributed by atoms with Gasteiger partial charge in [-0.1, -0.05) is 0 Å². The molecular formula is C5H13N3OS2. The minimum atomic E-state index is -0.717. The molecule has 66 valence electrons. The maximum Gasteiger partial charge on any atom is 0.180 e. The molecule has 4 N–H and O–H groups in total. The average molecular weight is 195 g/mol. The summed E-state index contributed by atoms with van der Waals surface area (Å²) >= 11 is 4.71. The normalized spacial score (nSPS) is 12.2. The summed E-state index contributed by atoms with van der Waals surface area (Å²) in [5.41, 5.74) is 2.30. The van der Waals surface area contributed by atoms with Crippen molar-refractivity contribution in [3.8, 4) is 0 Å². The van der Waals surface area contributed by atoms with E-state index in [0.717, 1.165) is 6.42 Å². The van der Waals surface area contributed by atoms with Crippen LogP contribution in [0.1, 0.15) is 6.42 Å². The molecule has 0 heterocycles. The Hall–Kier alpha value is -0.200. The van der Waals surface area contributed by atoms with Gasteiger partial charge in [-0.25, -0.2) is 5.84 Å². The summed E-state index contributed by atoms with van der Waals surface area (Å²) in [6.45, 7) is 0.711. The molecule has 0 aliphatic heterocycles. The lowest BCUT2D eigenvalue weighted by Crippen LogP contribution is -2.40. The van der Waals surface area contributed by atoms with Crippen LogP contribution in [0.2, 0.25) is 0 Å². The molecule has 6 heteroatoms. The van der Waals surface area contributed by atoms with Crippen molar-refractivity contribution in [2.75, 3.05) is 18.6 Å². The molecule has 0 aliphatic carbocycles. The molecule has 0 aliphatic rings. The molecule has 4 nitrogen and oxygen atoms in total. The molecule has 0 aromatic carbocycles. The lowest BCUT2D eigenvalue weighted by molar-refractivity contribution is 0.683. The maximum atomic E-state index is 10.6. The van der Waals surface area contributed by atoms with Gasteiger partial charge in [0.1, 0.15) is 0 Å². The lowest BCUT2D eigenvalue weighted by atomic mass is 10.5. The van der Waals surface area contributed by atoms with Crippen molar-refractivity contribution in [1.29, 1.82) is 0 Å². The first-order chi connectivity index (χ1) is 5.16. The molecule has 0 aromatic rings. The van der Waals surface area contributed by atoms with Crippen LogP contribution in [-0.4, -0.2) is 27.9 Å². The van der Waals surface area contributed by atoms with Crippen molar-refractivity contribution in [1.82, 2.24) is 10.7 Å². The van der Waals surface area contributed by atoms with E-state index in [1.54, 1.807) is 6.26 Å². The van der Waals surface area contributed by atoms with Crippen molar-refractivity contribution in [2.24, 2.45) is 5.84 Å². The quantitative estimate of drug-likeness (QED) is 0.235. The van der Waals surface area contributed by atoms with E-state index in [1.165, 1.54) is 0 Å². The Morgan fingerprint density at radius 2 is 2.36 bits per heavy atom. The van der Waals surface area contributed by atoms with Crippen molar-refractivity contribution < 1.29 is 4.21 Å². The molecule has 1 unspecified atom stereocenters. The Kier molecular flexibility index (Phi) is 6.39. The zero-order chi connectivity index (χ0) is 8.69. The highest BCUT2D eigenvalue weighted by Crippen LogP contribution is 1.80. The van der Waals surface area contributed by atoms with Gasteiger partial charge < -0.3 is 10.7 Å². The third-order valence-corrected chi connectivity index (χ3v) is 2.15. The molecule has 0 spiro atoms. The summed E-state index contributed by atoms with van der Waals surface area (Å²) in [5.74, 6) is 5.69. The monoisotopic (exact) mass is 195 g/mol. The van der Waals surface area contributed by atoms with Gasteiger partial charge in [-0.05, 0) is 18.6 Å². The molecule has 0 radical (unpaired) electrons. The summed E-state index contributed by atoms with van der Waals surface area (Å²) < 4.78 is 10.6. The standard InChI is InChI=1S/C5H13N3OS2/c1-11(9)4-2-3-7-5(10)8-6/h2-4,6H2,1H3,(H2,7,8,10). The lowest BCUT2D eigenvalue weighted by Gasteiger charge is -2.04. The van der Waals surface area contributed by atoms with E-state index in [2.05, 4.69) is 10.7 Å². The molecule has 0 amide bonds. The highest BCUT2D eigenvalue weighted by Gasteiger charge is 1.92. The largest absolute Gasteiger partial charge is 0.362 e. The summed E-state index contributed by atoms with van der Waals surface area (Å²) in [6.07, 6.45) is 2.52. The van der Waals surface area contributed by atoms with Gasteiger partial charge in [-0.3, -0.25) is 4.21 Å². The predicted molar refractivity (Wildman–Crippen MR) is 51.5 cm³/mol. The van der Waals surface area contributed by atoms with Crippen LogP contribution in [0.3, 0.4) is 0 Å². The van der Waals surface area contributed by atoms with Crippen molar-refractivity contribution >= 4 is 28.1 Å². The zero-order valence-corrected chi connectivity index (χ0v) is 8.06. The van der Waals surface area contributed by atoms with Gasteiger partial charge in [0.25, 0.3) is 0 Å². The van der Waals surface area contributed by atoms with E-state index < -0.39 is 10.8 Å². The number of rotatable bonds is 4. The average Bonchev–Trinajstić information content (AvgIpc) is 1.97. The van der Waals surface area contributed by atoms with E-state index >= 15 is 0 Å². The van der Waals surface area contributed by atoms with Gasteiger partial charge in [-0.2, -0.15) is 0 Å². The van der Waals surface area contributed by atoms with Gasteiger partial charge >= 0.3 is 0 Å². The fraction of sp³-hybridized carbons (Fsp3) is 0.800. The Morgan fingerprint density at radius 3 is 2.82 bits per heavy atom. The van der Waals surface area contributed by atoms with E-state index in [4.69, 9.17) is 18.1 Å². The summed E-state index contributed by atoms with van der Waals surface area (Å²) in [5, 5.41) is 3.27. The first kappa shape index (κ1) is 10.8. The minimum Gasteiger partial charge on any atom is -0.362 e. The first-order valence-corrected chi connectivity index (χ1v) is 5.35. The van der Waals surface area contributed by atoms with Crippen LogP contribution in [0.5, 0.6) is 0 Å². The summed E-state index contributed by atoms with van der Waals surface area (Å²) in [6, 6.07) is 0.